The van der Waals surface area contributed by atoms with Crippen LogP contribution in [-0.4, -0.2) is 40.7 Å². The Balaban J connectivity index is 3.39. The number of carbonyl (C=O) groups is 2. The topological polar surface area (TPSA) is 86.6 Å². The lowest BCUT2D eigenvalue weighted by molar-refractivity contribution is -0.123. The SMILES string of the molecule is CCCCCC/C=C/C=C/CCCCCCCC(=O)CCCCCCCCCCCCCCCCCCCCCCCCCCC(=O)N[C@@H](CO)[C@H](O)/C=C/CCCCCCCCCCCCC. The molecule has 3 N–H and O–H groups in total. The van der Waals surface area contributed by atoms with Crippen molar-refractivity contribution in [2.24, 2.45) is 0 Å². The number of rotatable bonds is 57. The smallest absolute Gasteiger partial charge is 0.220 e. The van der Waals surface area contributed by atoms with E-state index in [1.54, 1.807) is 6.08 Å². The molecule has 0 spiro atoms. The summed E-state index contributed by atoms with van der Waals surface area (Å²) >= 11 is 0. The van der Waals surface area contributed by atoms with Gasteiger partial charge in [0.1, 0.15) is 5.78 Å². The van der Waals surface area contributed by atoms with Gasteiger partial charge in [-0.15, -0.1) is 0 Å². The second-order valence-corrected chi connectivity index (χ2v) is 21.1. The number of aliphatic hydroxyl groups excluding tert-OH is 2. The summed E-state index contributed by atoms with van der Waals surface area (Å²) in [5.74, 6) is 0.434. The van der Waals surface area contributed by atoms with Crippen LogP contribution in [0.3, 0.4) is 0 Å². The number of amides is 1. The Morgan fingerprint density at radius 1 is 0.368 bits per heavy atom. The first-order valence-electron chi connectivity index (χ1n) is 30.6. The monoisotopic (exact) mass is 954 g/mol. The van der Waals surface area contributed by atoms with E-state index in [9.17, 15) is 19.8 Å². The summed E-state index contributed by atoms with van der Waals surface area (Å²) < 4.78 is 0. The van der Waals surface area contributed by atoms with E-state index in [2.05, 4.69) is 43.5 Å². The standard InChI is InChI=1S/C63H119NO4/c1-3-5-7-9-11-13-15-17-28-32-35-39-43-47-51-55-60(66)56-52-48-44-40-36-33-29-26-24-22-20-18-19-21-23-25-27-30-34-38-42-46-50-54-58-63(68)64-61(59-65)62(67)57-53-49-45-41-37-31-16-14-12-10-8-6-4-2/h13,15,17,28,53,57,61-62,65,67H,3-12,14,16,18-27,29-52,54-56,58-59H2,1-2H3,(H,64,68)/b15-13+,28-17+,57-53+/t61-,62+/m0/s1. The van der Waals surface area contributed by atoms with Crippen molar-refractivity contribution in [3.8, 4) is 0 Å². The highest BCUT2D eigenvalue weighted by Gasteiger charge is 2.18. The molecular weight excluding hydrogens is 835 g/mol. The molecule has 5 nitrogen and oxygen atoms in total. The van der Waals surface area contributed by atoms with Crippen molar-refractivity contribution in [2.75, 3.05) is 6.61 Å². The van der Waals surface area contributed by atoms with E-state index in [4.69, 9.17) is 0 Å². The van der Waals surface area contributed by atoms with E-state index in [1.165, 1.54) is 263 Å². The van der Waals surface area contributed by atoms with Crippen molar-refractivity contribution in [2.45, 2.75) is 347 Å². The number of hydrogen-bond acceptors (Lipinski definition) is 4. The molecule has 0 rings (SSSR count). The maximum Gasteiger partial charge on any atom is 0.220 e. The summed E-state index contributed by atoms with van der Waals surface area (Å²) in [4.78, 5) is 24.7. The zero-order chi connectivity index (χ0) is 49.3. The highest BCUT2D eigenvalue weighted by molar-refractivity contribution is 5.78. The van der Waals surface area contributed by atoms with E-state index in [-0.39, 0.29) is 12.5 Å². The summed E-state index contributed by atoms with van der Waals surface area (Å²) in [7, 11) is 0. The van der Waals surface area contributed by atoms with Crippen molar-refractivity contribution in [1.29, 1.82) is 0 Å². The molecule has 0 fully saturated rings. The van der Waals surface area contributed by atoms with E-state index in [1.807, 2.05) is 6.08 Å². The predicted molar refractivity (Wildman–Crippen MR) is 300 cm³/mol. The van der Waals surface area contributed by atoms with E-state index >= 15 is 0 Å². The maximum atomic E-state index is 12.4. The second kappa shape index (κ2) is 57.9. The third-order valence-corrected chi connectivity index (χ3v) is 14.3. The van der Waals surface area contributed by atoms with Gasteiger partial charge in [-0.05, 0) is 57.8 Å². The van der Waals surface area contributed by atoms with Crippen molar-refractivity contribution in [3.05, 3.63) is 36.5 Å². The van der Waals surface area contributed by atoms with Crippen LogP contribution in [0.1, 0.15) is 335 Å². The molecule has 0 saturated carbocycles. The van der Waals surface area contributed by atoms with Gasteiger partial charge in [-0.1, -0.05) is 294 Å². The number of ketones is 1. The first kappa shape index (κ1) is 66.3. The zero-order valence-electron chi connectivity index (χ0n) is 45.9. The van der Waals surface area contributed by atoms with Crippen LogP contribution in [0, 0.1) is 0 Å². The number of allylic oxidation sites excluding steroid dienone is 5. The van der Waals surface area contributed by atoms with E-state index in [0.29, 0.717) is 12.2 Å². The molecule has 1 amide bonds. The molecule has 0 radical (unpaired) electrons. The first-order valence-corrected chi connectivity index (χ1v) is 30.6. The molecule has 0 aliphatic rings. The van der Waals surface area contributed by atoms with Crippen LogP contribution < -0.4 is 5.32 Å². The minimum Gasteiger partial charge on any atom is -0.394 e. The first-order chi connectivity index (χ1) is 33.5. The summed E-state index contributed by atoms with van der Waals surface area (Å²) in [6.45, 7) is 4.29. The minimum atomic E-state index is -0.841. The lowest BCUT2D eigenvalue weighted by Crippen LogP contribution is -2.45. The van der Waals surface area contributed by atoms with Gasteiger partial charge in [0.2, 0.25) is 5.91 Å². The fraction of sp³-hybridized carbons (Fsp3) is 0.873. The van der Waals surface area contributed by atoms with Crippen LogP contribution in [0.25, 0.3) is 0 Å². The molecule has 2 atom stereocenters. The molecule has 0 aromatic carbocycles. The number of hydrogen-bond donors (Lipinski definition) is 3. The molecule has 0 saturated heterocycles. The van der Waals surface area contributed by atoms with Crippen LogP contribution in [0.15, 0.2) is 36.5 Å². The number of Topliss-reactive ketones (excluding diaryl/α,β-unsaturated/α-hetero) is 1. The highest BCUT2D eigenvalue weighted by atomic mass is 16.3. The largest absolute Gasteiger partial charge is 0.394 e. The van der Waals surface area contributed by atoms with Crippen molar-refractivity contribution >= 4 is 11.7 Å². The van der Waals surface area contributed by atoms with Gasteiger partial charge in [-0.25, -0.2) is 0 Å². The number of carbonyl (C=O) groups excluding carboxylic acids is 2. The van der Waals surface area contributed by atoms with Crippen molar-refractivity contribution in [3.63, 3.8) is 0 Å². The lowest BCUT2D eigenvalue weighted by Gasteiger charge is -2.20. The normalized spacial score (nSPS) is 12.9. The molecule has 0 heterocycles. The fourth-order valence-corrected chi connectivity index (χ4v) is 9.59. The molecular formula is C63H119NO4. The maximum absolute atomic E-state index is 12.4. The molecule has 0 bridgehead atoms. The minimum absolute atomic E-state index is 0.0647. The Kier molecular flexibility index (Phi) is 56.4. The Hall–Kier alpha value is -1.72. The number of aliphatic hydroxyl groups is 2. The summed E-state index contributed by atoms with van der Waals surface area (Å²) in [6, 6.07) is -0.624. The molecule has 0 aliphatic carbocycles. The molecule has 0 unspecified atom stereocenters. The Morgan fingerprint density at radius 2 is 0.632 bits per heavy atom. The Labute approximate surface area is 425 Å². The van der Waals surface area contributed by atoms with Crippen LogP contribution in [0.2, 0.25) is 0 Å². The summed E-state index contributed by atoms with van der Waals surface area (Å²) in [5.41, 5.74) is 0. The van der Waals surface area contributed by atoms with Crippen LogP contribution in [-0.2, 0) is 9.59 Å². The van der Waals surface area contributed by atoms with Crippen molar-refractivity contribution in [1.82, 2.24) is 5.32 Å². The molecule has 400 valence electrons. The van der Waals surface area contributed by atoms with Gasteiger partial charge in [-0.3, -0.25) is 9.59 Å². The Bertz CT molecular complexity index is 1100. The lowest BCUT2D eigenvalue weighted by atomic mass is 10.0. The number of unbranched alkanes of at least 4 members (excludes halogenated alkanes) is 43. The number of nitrogens with one attached hydrogen (secondary N) is 1. The zero-order valence-corrected chi connectivity index (χ0v) is 45.9. The quantitative estimate of drug-likeness (QED) is 0.0322. The van der Waals surface area contributed by atoms with Crippen molar-refractivity contribution < 1.29 is 19.8 Å². The average molecular weight is 955 g/mol. The highest BCUT2D eigenvalue weighted by Crippen LogP contribution is 2.18. The summed E-state index contributed by atoms with van der Waals surface area (Å²) in [6.07, 6.45) is 75.1. The molecule has 68 heavy (non-hydrogen) atoms. The molecule has 0 aliphatic heterocycles. The van der Waals surface area contributed by atoms with Crippen LogP contribution >= 0.6 is 0 Å². The summed E-state index contributed by atoms with van der Waals surface area (Å²) in [5, 5.41) is 23.1. The molecule has 0 aromatic heterocycles. The second-order valence-electron chi connectivity index (χ2n) is 21.1. The predicted octanol–water partition coefficient (Wildman–Crippen LogP) is 19.6. The third kappa shape index (κ3) is 53.6. The van der Waals surface area contributed by atoms with E-state index in [0.717, 1.165) is 51.4 Å². The van der Waals surface area contributed by atoms with Gasteiger partial charge in [0.15, 0.2) is 0 Å². The van der Waals surface area contributed by atoms with Gasteiger partial charge in [-0.2, -0.15) is 0 Å². The van der Waals surface area contributed by atoms with Gasteiger partial charge in [0.25, 0.3) is 0 Å². The van der Waals surface area contributed by atoms with Crippen LogP contribution in [0.5, 0.6) is 0 Å². The van der Waals surface area contributed by atoms with Gasteiger partial charge in [0, 0.05) is 19.3 Å². The van der Waals surface area contributed by atoms with Gasteiger partial charge < -0.3 is 15.5 Å². The van der Waals surface area contributed by atoms with E-state index < -0.39 is 12.1 Å². The fourth-order valence-electron chi connectivity index (χ4n) is 9.59. The van der Waals surface area contributed by atoms with Gasteiger partial charge >= 0.3 is 0 Å². The average Bonchev–Trinajstić information content (AvgIpc) is 3.34. The molecule has 0 aromatic rings. The molecule has 5 heteroatoms. The third-order valence-electron chi connectivity index (χ3n) is 14.3. The van der Waals surface area contributed by atoms with Crippen LogP contribution in [0.4, 0.5) is 0 Å². The Morgan fingerprint density at radius 3 is 0.956 bits per heavy atom. The van der Waals surface area contributed by atoms with Gasteiger partial charge in [0.05, 0.1) is 18.8 Å².